The van der Waals surface area contributed by atoms with Crippen molar-refractivity contribution in [2.45, 2.75) is 31.7 Å². The molecule has 0 spiro atoms. The highest BCUT2D eigenvalue weighted by molar-refractivity contribution is 6.05. The molecule has 0 radical (unpaired) electrons. The number of esters is 1. The van der Waals surface area contributed by atoms with Crippen molar-refractivity contribution in [3.8, 4) is 0 Å². The third-order valence-corrected chi connectivity index (χ3v) is 5.57. The largest absolute Gasteiger partial charge is 0.466 e. The fourth-order valence-corrected chi connectivity index (χ4v) is 3.96. The van der Waals surface area contributed by atoms with Crippen molar-refractivity contribution < 1.29 is 28.5 Å². The Labute approximate surface area is 136 Å². The van der Waals surface area contributed by atoms with Crippen LogP contribution in [-0.4, -0.2) is 51.6 Å². The van der Waals surface area contributed by atoms with E-state index in [-0.39, 0.29) is 5.78 Å². The molecule has 3 aliphatic rings. The van der Waals surface area contributed by atoms with Gasteiger partial charge in [0.2, 0.25) is 11.6 Å². The number of ketones is 1. The molecule has 0 aromatic carbocycles. The van der Waals surface area contributed by atoms with E-state index in [1.165, 1.54) is 28.4 Å². The monoisotopic (exact) mass is 324 g/mol. The number of rotatable bonds is 5. The second kappa shape index (κ2) is 5.54. The molecule has 0 amide bonds. The third-order valence-electron chi connectivity index (χ3n) is 5.57. The van der Waals surface area contributed by atoms with E-state index in [1.54, 1.807) is 6.08 Å². The predicted octanol–water partition coefficient (Wildman–Crippen LogP) is 1.65. The molecule has 1 fully saturated rings. The zero-order valence-corrected chi connectivity index (χ0v) is 14.5. The average molecular weight is 324 g/mol. The van der Waals surface area contributed by atoms with Crippen LogP contribution < -0.4 is 0 Å². The van der Waals surface area contributed by atoms with Crippen LogP contribution in [0.15, 0.2) is 23.8 Å². The van der Waals surface area contributed by atoms with Crippen molar-refractivity contribution in [3.05, 3.63) is 23.8 Å². The van der Waals surface area contributed by atoms with Gasteiger partial charge in [-0.25, -0.2) is 4.79 Å². The quantitative estimate of drug-likeness (QED) is 0.435. The topological polar surface area (TPSA) is 71.1 Å². The van der Waals surface area contributed by atoms with Gasteiger partial charge in [0, 0.05) is 32.3 Å². The van der Waals surface area contributed by atoms with Gasteiger partial charge >= 0.3 is 5.97 Å². The highest BCUT2D eigenvalue weighted by Crippen LogP contribution is 2.61. The Morgan fingerprint density at radius 3 is 2.17 bits per heavy atom. The molecule has 2 bridgehead atoms. The Bertz CT molecular complexity index is 588. The van der Waals surface area contributed by atoms with Gasteiger partial charge in [-0.05, 0) is 19.4 Å². The van der Waals surface area contributed by atoms with E-state index in [0.717, 1.165) is 5.57 Å². The zero-order chi connectivity index (χ0) is 17.6. The average Bonchev–Trinajstić information content (AvgIpc) is 2.55. The van der Waals surface area contributed by atoms with Crippen LogP contribution in [-0.2, 0) is 28.5 Å². The third kappa shape index (κ3) is 1.92. The van der Waals surface area contributed by atoms with E-state index in [2.05, 4.69) is 6.58 Å². The minimum Gasteiger partial charge on any atom is -0.466 e. The molecule has 0 heterocycles. The number of methoxy groups -OCH3 is 4. The van der Waals surface area contributed by atoms with Gasteiger partial charge in [0.05, 0.1) is 13.0 Å². The Morgan fingerprint density at radius 2 is 1.78 bits per heavy atom. The molecular weight excluding hydrogens is 300 g/mol. The fourth-order valence-electron chi connectivity index (χ4n) is 3.96. The van der Waals surface area contributed by atoms with Crippen LogP contribution >= 0.6 is 0 Å². The Balaban J connectivity index is 2.81. The van der Waals surface area contributed by atoms with Crippen molar-refractivity contribution in [2.75, 3.05) is 28.4 Å². The molecule has 23 heavy (non-hydrogen) atoms. The van der Waals surface area contributed by atoms with Crippen LogP contribution in [0.1, 0.15) is 20.3 Å². The standard InChI is InChI=1S/C17H24O6/c1-10(2)15(3)9-12-11(13(18)20-4)8-16(15,21-5)14(19)17(12,22-6)23-7/h8,12H,1,9H2,2-7H3/t12-,15-,16-/m1/s1. The Morgan fingerprint density at radius 1 is 1.22 bits per heavy atom. The summed E-state index contributed by atoms with van der Waals surface area (Å²) >= 11 is 0. The molecule has 1 saturated carbocycles. The van der Waals surface area contributed by atoms with Crippen LogP contribution in [0, 0.1) is 11.3 Å². The molecule has 3 rings (SSSR count). The van der Waals surface area contributed by atoms with Gasteiger partial charge < -0.3 is 18.9 Å². The molecule has 0 aromatic rings. The number of Topliss-reactive ketones (excluding diaryl/α,β-unsaturated/α-hetero) is 1. The summed E-state index contributed by atoms with van der Waals surface area (Å²) in [5.74, 6) is -3.07. The first-order chi connectivity index (χ1) is 10.7. The molecule has 0 N–H and O–H groups in total. The van der Waals surface area contributed by atoms with Gasteiger partial charge in [-0.1, -0.05) is 19.1 Å². The second-order valence-corrected chi connectivity index (χ2v) is 6.31. The Kier molecular flexibility index (Phi) is 4.30. The minimum absolute atomic E-state index is 0.330. The summed E-state index contributed by atoms with van der Waals surface area (Å²) in [6.45, 7) is 7.78. The normalized spacial score (nSPS) is 35.0. The van der Waals surface area contributed by atoms with Gasteiger partial charge in [0.15, 0.2) is 5.60 Å². The molecule has 0 unspecified atom stereocenters. The molecule has 6 heteroatoms. The lowest BCUT2D eigenvalue weighted by atomic mass is 9.50. The smallest absolute Gasteiger partial charge is 0.334 e. The van der Waals surface area contributed by atoms with E-state index < -0.39 is 28.7 Å². The first-order valence-corrected chi connectivity index (χ1v) is 7.38. The van der Waals surface area contributed by atoms with Crippen LogP contribution in [0.25, 0.3) is 0 Å². The van der Waals surface area contributed by atoms with E-state index in [0.29, 0.717) is 12.0 Å². The van der Waals surface area contributed by atoms with E-state index in [1.807, 2.05) is 13.8 Å². The van der Waals surface area contributed by atoms with E-state index >= 15 is 0 Å². The molecular formula is C17H24O6. The summed E-state index contributed by atoms with van der Waals surface area (Å²) < 4.78 is 21.5. The number of ether oxygens (including phenoxy) is 4. The lowest BCUT2D eigenvalue weighted by molar-refractivity contribution is -0.266. The highest BCUT2D eigenvalue weighted by atomic mass is 16.7. The number of carbonyl (C=O) groups excluding carboxylic acids is 2. The number of hydrogen-bond acceptors (Lipinski definition) is 6. The van der Waals surface area contributed by atoms with Crippen molar-refractivity contribution in [1.82, 2.24) is 0 Å². The van der Waals surface area contributed by atoms with Gasteiger partial charge in [-0.15, -0.1) is 0 Å². The minimum atomic E-state index is -1.58. The number of hydrogen-bond donors (Lipinski definition) is 0. The van der Waals surface area contributed by atoms with Crippen molar-refractivity contribution in [3.63, 3.8) is 0 Å². The van der Waals surface area contributed by atoms with Crippen LogP contribution in [0.4, 0.5) is 0 Å². The first-order valence-electron chi connectivity index (χ1n) is 7.38. The first kappa shape index (κ1) is 17.8. The van der Waals surface area contributed by atoms with Gasteiger partial charge in [-0.2, -0.15) is 0 Å². The van der Waals surface area contributed by atoms with E-state index in [4.69, 9.17) is 18.9 Å². The van der Waals surface area contributed by atoms with Crippen molar-refractivity contribution in [1.29, 1.82) is 0 Å². The summed E-state index contributed by atoms with van der Waals surface area (Å²) in [6.07, 6.45) is 1.98. The molecule has 0 aliphatic heterocycles. The maximum atomic E-state index is 13.3. The summed E-state index contributed by atoms with van der Waals surface area (Å²) in [6, 6.07) is 0. The van der Waals surface area contributed by atoms with E-state index in [9.17, 15) is 9.59 Å². The van der Waals surface area contributed by atoms with Crippen LogP contribution in [0.3, 0.4) is 0 Å². The number of carbonyl (C=O) groups is 2. The zero-order valence-electron chi connectivity index (χ0n) is 14.5. The van der Waals surface area contributed by atoms with Gasteiger partial charge in [0.25, 0.3) is 0 Å². The number of fused-ring (bicyclic) bond motifs is 2. The van der Waals surface area contributed by atoms with Crippen molar-refractivity contribution in [2.24, 2.45) is 11.3 Å². The van der Waals surface area contributed by atoms with Crippen molar-refractivity contribution >= 4 is 11.8 Å². The fraction of sp³-hybridized carbons (Fsp3) is 0.647. The lowest BCUT2D eigenvalue weighted by Gasteiger charge is -2.60. The van der Waals surface area contributed by atoms with Gasteiger partial charge in [-0.3, -0.25) is 4.79 Å². The highest BCUT2D eigenvalue weighted by Gasteiger charge is 2.72. The summed E-state index contributed by atoms with van der Waals surface area (Å²) in [5, 5.41) is 0. The molecule has 128 valence electrons. The SMILES string of the molecule is C=C(C)[C@@]1(C)C[C@@H]2C(C(=O)OC)=C[C@@]1(OC)C(=O)C2(OC)OC. The summed E-state index contributed by atoms with van der Waals surface area (Å²) in [4.78, 5) is 25.5. The maximum Gasteiger partial charge on any atom is 0.334 e. The molecule has 0 aromatic heterocycles. The maximum absolute atomic E-state index is 13.3. The molecule has 3 aliphatic carbocycles. The summed E-state index contributed by atoms with van der Waals surface area (Å²) in [7, 11) is 5.51. The summed E-state index contributed by atoms with van der Waals surface area (Å²) in [5.41, 5.74) is -0.958. The lowest BCUT2D eigenvalue weighted by Crippen LogP contribution is -2.73. The van der Waals surface area contributed by atoms with Gasteiger partial charge in [0.1, 0.15) is 0 Å². The Hall–Kier alpha value is -1.50. The second-order valence-electron chi connectivity index (χ2n) is 6.31. The molecule has 0 saturated heterocycles. The predicted molar refractivity (Wildman–Crippen MR) is 82.6 cm³/mol. The molecule has 3 atom stereocenters. The molecule has 6 nitrogen and oxygen atoms in total. The van der Waals surface area contributed by atoms with Crippen LogP contribution in [0.5, 0.6) is 0 Å². The van der Waals surface area contributed by atoms with Crippen LogP contribution in [0.2, 0.25) is 0 Å².